The van der Waals surface area contributed by atoms with Gasteiger partial charge in [-0.05, 0) is 11.6 Å². The molecule has 0 bridgehead atoms. The number of rotatable bonds is 4. The van der Waals surface area contributed by atoms with E-state index in [1.54, 1.807) is 0 Å². The highest BCUT2D eigenvalue weighted by Gasteiger charge is 2.40. The van der Waals surface area contributed by atoms with Gasteiger partial charge in [0.15, 0.2) is 17.5 Å². The number of carbonyl (C=O) groups excluding carboxylic acids is 1. The molecule has 2 heterocycles. The van der Waals surface area contributed by atoms with E-state index in [2.05, 4.69) is 15.4 Å². The van der Waals surface area contributed by atoms with Crippen molar-refractivity contribution in [3.63, 3.8) is 0 Å². The summed E-state index contributed by atoms with van der Waals surface area (Å²) in [6, 6.07) is 0.916. The van der Waals surface area contributed by atoms with Gasteiger partial charge in [0, 0.05) is 25.6 Å². The number of aromatic nitrogens is 3. The van der Waals surface area contributed by atoms with Crippen molar-refractivity contribution in [2.24, 2.45) is 5.16 Å². The van der Waals surface area contributed by atoms with Crippen LogP contribution in [0.3, 0.4) is 0 Å². The van der Waals surface area contributed by atoms with Crippen molar-refractivity contribution in [1.82, 2.24) is 19.7 Å². The van der Waals surface area contributed by atoms with Gasteiger partial charge in [-0.1, -0.05) is 5.16 Å². The summed E-state index contributed by atoms with van der Waals surface area (Å²) >= 11 is 0. The summed E-state index contributed by atoms with van der Waals surface area (Å²) in [6.45, 7) is -0.516. The van der Waals surface area contributed by atoms with E-state index < -0.39 is 48.2 Å². The third-order valence-corrected chi connectivity index (χ3v) is 4.34. The minimum absolute atomic E-state index is 0.0638. The predicted octanol–water partition coefficient (Wildman–Crippen LogP) is 2.52. The number of benzene rings is 1. The second-order valence-electron chi connectivity index (χ2n) is 6.28. The number of carbonyl (C=O) groups is 1. The monoisotopic (exact) mass is 421 g/mol. The SMILES string of the molecule is O=C(C/C(Cc1cc(F)c(F)cc1F)=N\O)N1CCn2c(nnc2C(F)(F)F)C1. The molecule has 13 heteroatoms. The Balaban J connectivity index is 1.68. The summed E-state index contributed by atoms with van der Waals surface area (Å²) in [7, 11) is 0. The molecule has 0 aliphatic carbocycles. The molecule has 0 atom stereocenters. The zero-order chi connectivity index (χ0) is 21.3. The van der Waals surface area contributed by atoms with Crippen LogP contribution in [0.15, 0.2) is 17.3 Å². The van der Waals surface area contributed by atoms with Crippen LogP contribution in [0.5, 0.6) is 0 Å². The van der Waals surface area contributed by atoms with Gasteiger partial charge in [0.25, 0.3) is 0 Å². The highest BCUT2D eigenvalue weighted by Crippen LogP contribution is 2.29. The number of oxime groups is 1. The van der Waals surface area contributed by atoms with Crippen molar-refractivity contribution in [1.29, 1.82) is 0 Å². The topological polar surface area (TPSA) is 83.6 Å². The van der Waals surface area contributed by atoms with Crippen molar-refractivity contribution in [2.75, 3.05) is 6.54 Å². The van der Waals surface area contributed by atoms with E-state index in [0.717, 1.165) is 4.57 Å². The molecule has 0 radical (unpaired) electrons. The van der Waals surface area contributed by atoms with Crippen molar-refractivity contribution >= 4 is 11.6 Å². The Morgan fingerprint density at radius 2 is 1.79 bits per heavy atom. The first-order valence-corrected chi connectivity index (χ1v) is 8.20. The second kappa shape index (κ2) is 7.72. The van der Waals surface area contributed by atoms with Gasteiger partial charge in [-0.15, -0.1) is 10.2 Å². The van der Waals surface area contributed by atoms with Crippen LogP contribution in [0.4, 0.5) is 26.3 Å². The molecular formula is C16H13F6N5O2. The molecule has 7 nitrogen and oxygen atoms in total. The first-order valence-electron chi connectivity index (χ1n) is 8.20. The van der Waals surface area contributed by atoms with Gasteiger partial charge in [-0.25, -0.2) is 13.2 Å². The molecule has 0 saturated carbocycles. The standard InChI is InChI=1S/C16H13F6N5O2/c17-10-6-12(19)11(18)4-8(10)3-9(25-29)5-14(28)26-1-2-27-13(7-26)23-24-15(27)16(20,21)22/h4,6,29H,1-3,5,7H2/b25-9-. The molecule has 1 aromatic heterocycles. The Hall–Kier alpha value is -3.12. The Labute approximate surface area is 159 Å². The highest BCUT2D eigenvalue weighted by atomic mass is 19.4. The van der Waals surface area contributed by atoms with Crippen LogP contribution in [-0.2, 0) is 30.5 Å². The summed E-state index contributed by atoms with van der Waals surface area (Å²) in [6.07, 6.45) is -5.65. The molecule has 1 aromatic carbocycles. The Bertz CT molecular complexity index is 971. The fraction of sp³-hybridized carbons (Fsp3) is 0.375. The maximum Gasteiger partial charge on any atom is 0.451 e. The first kappa shape index (κ1) is 20.6. The third kappa shape index (κ3) is 4.32. The lowest BCUT2D eigenvalue weighted by Crippen LogP contribution is -2.40. The van der Waals surface area contributed by atoms with Gasteiger partial charge in [0.05, 0.1) is 18.7 Å². The minimum atomic E-state index is -4.68. The fourth-order valence-corrected chi connectivity index (χ4v) is 2.92. The molecule has 0 fully saturated rings. The van der Waals surface area contributed by atoms with Crippen LogP contribution in [0.25, 0.3) is 0 Å². The van der Waals surface area contributed by atoms with E-state index in [9.17, 15) is 31.1 Å². The fourth-order valence-electron chi connectivity index (χ4n) is 2.92. The summed E-state index contributed by atoms with van der Waals surface area (Å²) in [4.78, 5) is 13.6. The first-order chi connectivity index (χ1) is 13.6. The van der Waals surface area contributed by atoms with E-state index in [-0.39, 0.29) is 36.7 Å². The molecule has 0 saturated heterocycles. The molecule has 29 heavy (non-hydrogen) atoms. The van der Waals surface area contributed by atoms with Crippen molar-refractivity contribution < 1.29 is 36.3 Å². The van der Waals surface area contributed by atoms with E-state index in [1.807, 2.05) is 0 Å². The molecule has 1 aliphatic heterocycles. The van der Waals surface area contributed by atoms with Gasteiger partial charge >= 0.3 is 6.18 Å². The van der Waals surface area contributed by atoms with Crippen LogP contribution in [-0.4, -0.2) is 43.0 Å². The minimum Gasteiger partial charge on any atom is -0.411 e. The molecule has 2 aromatic rings. The normalized spacial score (nSPS) is 14.8. The largest absolute Gasteiger partial charge is 0.451 e. The van der Waals surface area contributed by atoms with Crippen LogP contribution >= 0.6 is 0 Å². The van der Waals surface area contributed by atoms with Crippen molar-refractivity contribution in [3.05, 3.63) is 46.8 Å². The maximum absolute atomic E-state index is 13.7. The lowest BCUT2D eigenvalue weighted by Gasteiger charge is -2.28. The zero-order valence-electron chi connectivity index (χ0n) is 14.5. The van der Waals surface area contributed by atoms with Gasteiger partial charge in [-0.3, -0.25) is 4.79 Å². The number of alkyl halides is 3. The van der Waals surface area contributed by atoms with Gasteiger partial charge in [0.2, 0.25) is 11.7 Å². The zero-order valence-corrected chi connectivity index (χ0v) is 14.5. The third-order valence-electron chi connectivity index (χ3n) is 4.34. The highest BCUT2D eigenvalue weighted by molar-refractivity contribution is 6.01. The average Bonchev–Trinajstić information content (AvgIpc) is 3.08. The van der Waals surface area contributed by atoms with E-state index >= 15 is 0 Å². The molecular weight excluding hydrogens is 408 g/mol. The van der Waals surface area contributed by atoms with E-state index in [0.29, 0.717) is 12.1 Å². The van der Waals surface area contributed by atoms with E-state index in [1.165, 1.54) is 4.90 Å². The van der Waals surface area contributed by atoms with Crippen molar-refractivity contribution in [3.8, 4) is 0 Å². The number of amides is 1. The Kier molecular flexibility index (Phi) is 5.48. The summed E-state index contributed by atoms with van der Waals surface area (Å²) in [5.41, 5.74) is -0.555. The molecule has 1 amide bonds. The average molecular weight is 421 g/mol. The molecule has 1 aliphatic rings. The molecule has 156 valence electrons. The lowest BCUT2D eigenvalue weighted by atomic mass is 10.0. The summed E-state index contributed by atoms with van der Waals surface area (Å²) in [5.74, 6) is -5.62. The van der Waals surface area contributed by atoms with Gasteiger partial charge < -0.3 is 14.7 Å². The second-order valence-corrected chi connectivity index (χ2v) is 6.28. The quantitative estimate of drug-likeness (QED) is 0.270. The molecule has 0 spiro atoms. The van der Waals surface area contributed by atoms with Crippen LogP contribution < -0.4 is 0 Å². The maximum atomic E-state index is 13.7. The molecule has 0 unspecified atom stereocenters. The smallest absolute Gasteiger partial charge is 0.411 e. The van der Waals surface area contributed by atoms with Gasteiger partial charge in [0.1, 0.15) is 5.82 Å². The lowest BCUT2D eigenvalue weighted by molar-refractivity contribution is -0.148. The summed E-state index contributed by atoms with van der Waals surface area (Å²) < 4.78 is 79.4. The van der Waals surface area contributed by atoms with Crippen LogP contribution in [0, 0.1) is 17.5 Å². The number of halogens is 6. The van der Waals surface area contributed by atoms with Gasteiger partial charge in [-0.2, -0.15) is 13.2 Å². The van der Waals surface area contributed by atoms with Crippen LogP contribution in [0.2, 0.25) is 0 Å². The number of fused-ring (bicyclic) bond motifs is 1. The van der Waals surface area contributed by atoms with E-state index in [4.69, 9.17) is 5.21 Å². The Morgan fingerprint density at radius 3 is 2.45 bits per heavy atom. The van der Waals surface area contributed by atoms with Crippen molar-refractivity contribution in [2.45, 2.75) is 32.1 Å². The predicted molar refractivity (Wildman–Crippen MR) is 84.3 cm³/mol. The Morgan fingerprint density at radius 1 is 1.10 bits per heavy atom. The molecule has 3 rings (SSSR count). The summed E-state index contributed by atoms with van der Waals surface area (Å²) in [5, 5.41) is 18.5. The molecule has 1 N–H and O–H groups in total. The number of nitrogens with zero attached hydrogens (tertiary/aromatic N) is 5. The van der Waals surface area contributed by atoms with Crippen LogP contribution in [0.1, 0.15) is 23.6 Å². The number of hydrogen-bond acceptors (Lipinski definition) is 5. The number of hydrogen-bond donors (Lipinski definition) is 1.